The summed E-state index contributed by atoms with van der Waals surface area (Å²) in [4.78, 5) is 16.4. The minimum absolute atomic E-state index is 0.0263. The summed E-state index contributed by atoms with van der Waals surface area (Å²) >= 11 is 0. The topological polar surface area (TPSA) is 78.3 Å². The summed E-state index contributed by atoms with van der Waals surface area (Å²) in [5, 5.41) is 7.19. The largest absolute Gasteiger partial charge is 0.481 e. The highest BCUT2D eigenvalue weighted by atomic mass is 16.5. The van der Waals surface area contributed by atoms with Crippen molar-refractivity contribution in [3.63, 3.8) is 0 Å². The molecule has 24 heavy (non-hydrogen) atoms. The minimum atomic E-state index is -0.161. The third kappa shape index (κ3) is 3.91. The summed E-state index contributed by atoms with van der Waals surface area (Å²) in [5.74, 6) is 0.592. The van der Waals surface area contributed by atoms with Crippen LogP contribution in [-0.2, 0) is 23.0 Å². The third-order valence-corrected chi connectivity index (χ3v) is 4.13. The zero-order valence-electron chi connectivity index (χ0n) is 13.9. The van der Waals surface area contributed by atoms with E-state index in [1.54, 1.807) is 30.3 Å². The molecule has 1 amide bonds. The van der Waals surface area contributed by atoms with E-state index in [4.69, 9.17) is 9.47 Å². The number of rotatable bonds is 6. The van der Waals surface area contributed by atoms with Crippen LogP contribution in [0.2, 0.25) is 0 Å². The van der Waals surface area contributed by atoms with Crippen LogP contribution in [0.25, 0.3) is 0 Å². The van der Waals surface area contributed by atoms with Gasteiger partial charge in [0.05, 0.1) is 19.3 Å². The zero-order valence-corrected chi connectivity index (χ0v) is 13.9. The Morgan fingerprint density at radius 3 is 3.00 bits per heavy atom. The van der Waals surface area contributed by atoms with Gasteiger partial charge in [-0.25, -0.2) is 4.98 Å². The summed E-state index contributed by atoms with van der Waals surface area (Å²) in [6, 6.07) is 3.70. The van der Waals surface area contributed by atoms with Crippen LogP contribution in [0.5, 0.6) is 5.88 Å². The van der Waals surface area contributed by atoms with E-state index in [9.17, 15) is 4.79 Å². The lowest BCUT2D eigenvalue weighted by molar-refractivity contribution is -0.122. The third-order valence-electron chi connectivity index (χ3n) is 4.13. The fourth-order valence-corrected chi connectivity index (χ4v) is 2.88. The molecule has 1 N–H and O–H groups in total. The fraction of sp³-hybridized carbons (Fsp3) is 0.471. The first kappa shape index (κ1) is 16.4. The number of aryl methyl sites for hydroxylation is 2. The van der Waals surface area contributed by atoms with Crippen LogP contribution < -0.4 is 10.1 Å². The van der Waals surface area contributed by atoms with Gasteiger partial charge in [0.1, 0.15) is 6.10 Å². The van der Waals surface area contributed by atoms with Crippen molar-refractivity contribution in [1.29, 1.82) is 0 Å². The van der Waals surface area contributed by atoms with E-state index in [1.807, 2.05) is 19.3 Å². The van der Waals surface area contributed by atoms with Crippen molar-refractivity contribution >= 4 is 5.91 Å². The molecule has 0 saturated carbocycles. The van der Waals surface area contributed by atoms with Gasteiger partial charge in [0.2, 0.25) is 11.8 Å². The molecular formula is C17H22N4O3. The molecule has 1 aliphatic heterocycles. The molecule has 2 aromatic heterocycles. The van der Waals surface area contributed by atoms with Crippen LogP contribution in [0.4, 0.5) is 0 Å². The summed E-state index contributed by atoms with van der Waals surface area (Å²) in [7, 11) is 3.45. The summed E-state index contributed by atoms with van der Waals surface area (Å²) < 4.78 is 12.6. The number of aromatic nitrogens is 3. The molecule has 0 spiro atoms. The Morgan fingerprint density at radius 2 is 2.33 bits per heavy atom. The number of amides is 1. The van der Waals surface area contributed by atoms with Gasteiger partial charge in [0, 0.05) is 44.1 Å². The molecule has 0 aliphatic carbocycles. The molecule has 0 bridgehead atoms. The van der Waals surface area contributed by atoms with Crippen LogP contribution in [0.3, 0.4) is 0 Å². The second kappa shape index (κ2) is 7.44. The van der Waals surface area contributed by atoms with Crippen LogP contribution >= 0.6 is 0 Å². The highest BCUT2D eigenvalue weighted by Gasteiger charge is 2.31. The Balaban J connectivity index is 1.55. The molecule has 1 saturated heterocycles. The van der Waals surface area contributed by atoms with Gasteiger partial charge in [-0.15, -0.1) is 0 Å². The minimum Gasteiger partial charge on any atom is -0.481 e. The molecule has 2 atom stereocenters. The molecule has 0 unspecified atom stereocenters. The number of hydrogen-bond donors (Lipinski definition) is 1. The maximum absolute atomic E-state index is 12.2. The van der Waals surface area contributed by atoms with Gasteiger partial charge in [-0.1, -0.05) is 0 Å². The molecule has 3 heterocycles. The number of carbonyl (C=O) groups excluding carboxylic acids is 1. The van der Waals surface area contributed by atoms with Gasteiger partial charge >= 0.3 is 0 Å². The van der Waals surface area contributed by atoms with Crippen molar-refractivity contribution in [2.75, 3.05) is 13.7 Å². The Kier molecular flexibility index (Phi) is 5.10. The van der Waals surface area contributed by atoms with E-state index >= 15 is 0 Å². The number of ether oxygens (including phenoxy) is 2. The summed E-state index contributed by atoms with van der Waals surface area (Å²) in [6.45, 7) is 0.629. The molecule has 128 valence electrons. The molecule has 1 aliphatic rings. The van der Waals surface area contributed by atoms with E-state index in [-0.39, 0.29) is 18.1 Å². The van der Waals surface area contributed by atoms with Crippen molar-refractivity contribution in [1.82, 2.24) is 20.1 Å². The van der Waals surface area contributed by atoms with Gasteiger partial charge in [-0.3, -0.25) is 9.48 Å². The van der Waals surface area contributed by atoms with Gasteiger partial charge in [-0.05, 0) is 24.5 Å². The van der Waals surface area contributed by atoms with Crippen LogP contribution in [-0.4, -0.2) is 40.4 Å². The zero-order chi connectivity index (χ0) is 16.9. The molecule has 1 fully saturated rings. The molecule has 3 rings (SSSR count). The van der Waals surface area contributed by atoms with Crippen molar-refractivity contribution in [2.24, 2.45) is 7.05 Å². The van der Waals surface area contributed by atoms with E-state index < -0.39 is 0 Å². The van der Waals surface area contributed by atoms with Gasteiger partial charge < -0.3 is 14.8 Å². The second-order valence-electron chi connectivity index (χ2n) is 5.91. The summed E-state index contributed by atoms with van der Waals surface area (Å²) in [5.41, 5.74) is 2.01. The smallest absolute Gasteiger partial charge is 0.220 e. The van der Waals surface area contributed by atoms with Crippen molar-refractivity contribution in [3.05, 3.63) is 41.9 Å². The SMILES string of the molecule is COc1ccc([C@H]2OCC[C@@H]2NC(=O)CCc2cnn(C)c2)cn1. The van der Waals surface area contributed by atoms with E-state index in [0.29, 0.717) is 25.3 Å². The Labute approximate surface area is 141 Å². The van der Waals surface area contributed by atoms with Crippen molar-refractivity contribution < 1.29 is 14.3 Å². The molecule has 7 nitrogen and oxygen atoms in total. The number of pyridine rings is 1. The number of methoxy groups -OCH3 is 1. The van der Waals surface area contributed by atoms with E-state index in [0.717, 1.165) is 17.5 Å². The Morgan fingerprint density at radius 1 is 1.46 bits per heavy atom. The van der Waals surface area contributed by atoms with E-state index in [1.165, 1.54) is 0 Å². The molecule has 0 radical (unpaired) electrons. The summed E-state index contributed by atoms with van der Waals surface area (Å²) in [6.07, 6.45) is 7.22. The van der Waals surface area contributed by atoms with E-state index in [2.05, 4.69) is 15.4 Å². The number of hydrogen-bond acceptors (Lipinski definition) is 5. The fourth-order valence-electron chi connectivity index (χ4n) is 2.88. The second-order valence-corrected chi connectivity index (χ2v) is 5.91. The van der Waals surface area contributed by atoms with Gasteiger partial charge in [0.25, 0.3) is 0 Å². The van der Waals surface area contributed by atoms with Crippen LogP contribution in [0.1, 0.15) is 30.1 Å². The first-order valence-electron chi connectivity index (χ1n) is 8.04. The lowest BCUT2D eigenvalue weighted by atomic mass is 10.0. The van der Waals surface area contributed by atoms with Crippen LogP contribution in [0.15, 0.2) is 30.7 Å². The quantitative estimate of drug-likeness (QED) is 0.866. The number of carbonyl (C=O) groups is 1. The van der Waals surface area contributed by atoms with Gasteiger partial charge in [-0.2, -0.15) is 5.10 Å². The highest BCUT2D eigenvalue weighted by molar-refractivity contribution is 5.76. The maximum Gasteiger partial charge on any atom is 0.220 e. The molecular weight excluding hydrogens is 308 g/mol. The predicted octanol–water partition coefficient (Wildman–Crippen LogP) is 1.40. The average molecular weight is 330 g/mol. The first-order chi connectivity index (χ1) is 11.7. The van der Waals surface area contributed by atoms with Crippen molar-refractivity contribution in [2.45, 2.75) is 31.4 Å². The Bertz CT molecular complexity index is 683. The highest BCUT2D eigenvalue weighted by Crippen LogP contribution is 2.29. The standard InChI is InChI=1S/C17H22N4O3/c1-21-11-12(9-19-21)3-5-15(22)20-14-7-8-24-17(14)13-4-6-16(23-2)18-10-13/h4,6,9-11,14,17H,3,5,7-8H2,1-2H3,(H,20,22)/t14-,17+/m0/s1. The van der Waals surface area contributed by atoms with Crippen LogP contribution in [0, 0.1) is 0 Å². The number of nitrogens with zero attached hydrogens (tertiary/aromatic N) is 3. The average Bonchev–Trinajstić information content (AvgIpc) is 3.22. The molecule has 0 aromatic carbocycles. The molecule has 2 aromatic rings. The maximum atomic E-state index is 12.2. The lowest BCUT2D eigenvalue weighted by Gasteiger charge is -2.20. The lowest BCUT2D eigenvalue weighted by Crippen LogP contribution is -2.36. The monoisotopic (exact) mass is 330 g/mol. The first-order valence-corrected chi connectivity index (χ1v) is 8.04. The number of nitrogens with one attached hydrogen (secondary N) is 1. The van der Waals surface area contributed by atoms with Crippen molar-refractivity contribution in [3.8, 4) is 5.88 Å². The Hall–Kier alpha value is -2.41. The normalized spacial score (nSPS) is 20.1. The van der Waals surface area contributed by atoms with Gasteiger partial charge in [0.15, 0.2) is 0 Å². The predicted molar refractivity (Wildman–Crippen MR) is 87.6 cm³/mol. The molecule has 7 heteroatoms.